The van der Waals surface area contributed by atoms with Crippen molar-refractivity contribution in [2.45, 2.75) is 6.61 Å². The molecule has 0 amide bonds. The van der Waals surface area contributed by atoms with Crippen LogP contribution in [0.1, 0.15) is 0 Å². The van der Waals surface area contributed by atoms with Crippen LogP contribution in [-0.2, 0) is 0 Å². The van der Waals surface area contributed by atoms with Gasteiger partial charge in [-0.2, -0.15) is 23.4 Å². The average Bonchev–Trinajstić information content (AvgIpc) is 3.12. The van der Waals surface area contributed by atoms with Crippen molar-refractivity contribution in [2.24, 2.45) is 0 Å². The quantitative estimate of drug-likeness (QED) is 0.538. The van der Waals surface area contributed by atoms with E-state index >= 15 is 0 Å². The third kappa shape index (κ3) is 3.16. The molecule has 130 valence electrons. The standard InChI is InChI=1S/C18H12F2N4O2/c19-17(20)26-15-9-5-4-8-14(15)25-16-10-13(12-6-2-1-3-7-12)23-18-21-11-22-24(16)18/h1-11,17H. The van der Waals surface area contributed by atoms with Crippen LogP contribution < -0.4 is 9.47 Å². The first-order chi connectivity index (χ1) is 12.7. The maximum absolute atomic E-state index is 12.6. The lowest BCUT2D eigenvalue weighted by molar-refractivity contribution is -0.0510. The molecule has 4 rings (SSSR count). The van der Waals surface area contributed by atoms with Crippen molar-refractivity contribution in [1.29, 1.82) is 0 Å². The van der Waals surface area contributed by atoms with E-state index in [1.807, 2.05) is 30.3 Å². The minimum atomic E-state index is -2.96. The van der Waals surface area contributed by atoms with E-state index in [2.05, 4.69) is 19.8 Å². The van der Waals surface area contributed by atoms with Crippen LogP contribution in [0.4, 0.5) is 8.78 Å². The summed E-state index contributed by atoms with van der Waals surface area (Å²) in [5.74, 6) is 0.661. The Hall–Kier alpha value is -3.55. The topological polar surface area (TPSA) is 61.5 Å². The second kappa shape index (κ2) is 6.75. The molecule has 0 bridgehead atoms. The number of ether oxygens (including phenoxy) is 2. The van der Waals surface area contributed by atoms with Crippen molar-refractivity contribution in [3.63, 3.8) is 0 Å². The van der Waals surface area contributed by atoms with Crippen molar-refractivity contribution >= 4 is 5.78 Å². The summed E-state index contributed by atoms with van der Waals surface area (Å²) in [4.78, 5) is 8.52. The highest BCUT2D eigenvalue weighted by Gasteiger charge is 2.15. The molecule has 0 unspecified atom stereocenters. The highest BCUT2D eigenvalue weighted by molar-refractivity contribution is 5.62. The summed E-state index contributed by atoms with van der Waals surface area (Å²) < 4.78 is 36.9. The van der Waals surface area contributed by atoms with Crippen molar-refractivity contribution < 1.29 is 18.3 Å². The zero-order valence-electron chi connectivity index (χ0n) is 13.3. The van der Waals surface area contributed by atoms with Gasteiger partial charge in [-0.3, -0.25) is 0 Å². The molecule has 26 heavy (non-hydrogen) atoms. The largest absolute Gasteiger partial charge is 0.435 e. The van der Waals surface area contributed by atoms with Gasteiger partial charge in [0.15, 0.2) is 11.5 Å². The molecular formula is C18H12F2N4O2. The van der Waals surface area contributed by atoms with Crippen LogP contribution in [0.25, 0.3) is 17.0 Å². The number of fused-ring (bicyclic) bond motifs is 1. The molecule has 0 saturated heterocycles. The first-order valence-corrected chi connectivity index (χ1v) is 7.68. The van der Waals surface area contributed by atoms with E-state index in [0.717, 1.165) is 5.56 Å². The van der Waals surface area contributed by atoms with Gasteiger partial charge in [-0.25, -0.2) is 4.98 Å². The monoisotopic (exact) mass is 354 g/mol. The van der Waals surface area contributed by atoms with Crippen LogP contribution in [0, 0.1) is 0 Å². The van der Waals surface area contributed by atoms with Gasteiger partial charge in [0.1, 0.15) is 6.33 Å². The van der Waals surface area contributed by atoms with Crippen LogP contribution in [0.3, 0.4) is 0 Å². The molecular weight excluding hydrogens is 342 g/mol. The van der Waals surface area contributed by atoms with E-state index in [-0.39, 0.29) is 17.4 Å². The normalized spacial score (nSPS) is 11.0. The molecule has 0 aliphatic rings. The Bertz CT molecular complexity index is 1040. The molecule has 0 radical (unpaired) electrons. The van der Waals surface area contributed by atoms with Crippen molar-refractivity contribution in [2.75, 3.05) is 0 Å². The summed E-state index contributed by atoms with van der Waals surface area (Å²) >= 11 is 0. The first kappa shape index (κ1) is 15.9. The molecule has 2 aromatic heterocycles. The molecule has 0 aliphatic carbocycles. The highest BCUT2D eigenvalue weighted by atomic mass is 19.3. The van der Waals surface area contributed by atoms with Crippen LogP contribution in [0.5, 0.6) is 17.4 Å². The number of nitrogens with zero attached hydrogens (tertiary/aromatic N) is 4. The summed E-state index contributed by atoms with van der Waals surface area (Å²) in [6.07, 6.45) is 1.34. The van der Waals surface area contributed by atoms with Crippen molar-refractivity contribution in [3.8, 4) is 28.6 Å². The molecule has 2 aromatic carbocycles. The van der Waals surface area contributed by atoms with Gasteiger partial charge < -0.3 is 9.47 Å². The molecule has 0 atom stereocenters. The number of halogens is 2. The lowest BCUT2D eigenvalue weighted by atomic mass is 10.1. The predicted octanol–water partition coefficient (Wildman–Crippen LogP) is 4.19. The third-order valence-corrected chi connectivity index (χ3v) is 3.57. The highest BCUT2D eigenvalue weighted by Crippen LogP contribution is 2.33. The van der Waals surface area contributed by atoms with Crippen molar-refractivity contribution in [3.05, 3.63) is 67.0 Å². The van der Waals surface area contributed by atoms with Gasteiger partial charge in [0.05, 0.1) is 5.69 Å². The van der Waals surface area contributed by atoms with Gasteiger partial charge in [-0.15, -0.1) is 0 Å². The first-order valence-electron chi connectivity index (χ1n) is 7.68. The second-order valence-corrected chi connectivity index (χ2v) is 5.24. The van der Waals surface area contributed by atoms with Gasteiger partial charge in [0, 0.05) is 11.6 Å². The van der Waals surface area contributed by atoms with Gasteiger partial charge in [0.2, 0.25) is 5.88 Å². The Labute approximate surface area is 146 Å². The zero-order chi connectivity index (χ0) is 17.9. The Balaban J connectivity index is 1.79. The van der Waals surface area contributed by atoms with Gasteiger partial charge in [-0.1, -0.05) is 42.5 Å². The smallest absolute Gasteiger partial charge is 0.387 e. The molecule has 0 N–H and O–H groups in total. The summed E-state index contributed by atoms with van der Waals surface area (Å²) in [5.41, 5.74) is 1.48. The number of para-hydroxylation sites is 2. The summed E-state index contributed by atoms with van der Waals surface area (Å²) in [7, 11) is 0. The fourth-order valence-electron chi connectivity index (χ4n) is 2.46. The Kier molecular flexibility index (Phi) is 4.14. The molecule has 6 nitrogen and oxygen atoms in total. The number of hydrogen-bond donors (Lipinski definition) is 0. The third-order valence-electron chi connectivity index (χ3n) is 3.57. The number of rotatable bonds is 5. The predicted molar refractivity (Wildman–Crippen MR) is 89.4 cm³/mol. The summed E-state index contributed by atoms with van der Waals surface area (Å²) in [6, 6.07) is 17.3. The lowest BCUT2D eigenvalue weighted by Crippen LogP contribution is -2.04. The molecule has 2 heterocycles. The average molecular weight is 354 g/mol. The molecule has 8 heteroatoms. The Morgan fingerprint density at radius 1 is 0.923 bits per heavy atom. The number of alkyl halides is 2. The van der Waals surface area contributed by atoms with Gasteiger partial charge >= 0.3 is 6.61 Å². The van der Waals surface area contributed by atoms with Crippen LogP contribution in [0.2, 0.25) is 0 Å². The molecule has 0 aliphatic heterocycles. The van der Waals surface area contributed by atoms with Gasteiger partial charge in [-0.05, 0) is 12.1 Å². The Morgan fingerprint density at radius 3 is 2.42 bits per heavy atom. The maximum Gasteiger partial charge on any atom is 0.387 e. The van der Waals surface area contributed by atoms with E-state index in [4.69, 9.17) is 4.74 Å². The zero-order valence-corrected chi connectivity index (χ0v) is 13.3. The number of aromatic nitrogens is 4. The second-order valence-electron chi connectivity index (χ2n) is 5.24. The lowest BCUT2D eigenvalue weighted by Gasteiger charge is -2.13. The summed E-state index contributed by atoms with van der Waals surface area (Å²) in [5, 5.41) is 4.07. The van der Waals surface area contributed by atoms with Gasteiger partial charge in [0.25, 0.3) is 5.78 Å². The van der Waals surface area contributed by atoms with Crippen LogP contribution in [-0.4, -0.2) is 26.2 Å². The van der Waals surface area contributed by atoms with Crippen molar-refractivity contribution in [1.82, 2.24) is 19.6 Å². The van der Waals surface area contributed by atoms with Crippen LogP contribution in [0.15, 0.2) is 67.0 Å². The molecule has 0 spiro atoms. The number of benzene rings is 2. The molecule has 0 saturated carbocycles. The fraction of sp³-hybridized carbons (Fsp3) is 0.0556. The minimum absolute atomic E-state index is 0.0751. The van der Waals surface area contributed by atoms with E-state index in [0.29, 0.717) is 11.5 Å². The Morgan fingerprint density at radius 2 is 1.65 bits per heavy atom. The molecule has 4 aromatic rings. The van der Waals surface area contributed by atoms with E-state index < -0.39 is 6.61 Å². The maximum atomic E-state index is 12.6. The fourth-order valence-corrected chi connectivity index (χ4v) is 2.46. The SMILES string of the molecule is FC(F)Oc1ccccc1Oc1cc(-c2ccccc2)nc2ncnn12. The van der Waals surface area contributed by atoms with E-state index in [9.17, 15) is 8.78 Å². The van der Waals surface area contributed by atoms with Crippen LogP contribution >= 0.6 is 0 Å². The number of hydrogen-bond acceptors (Lipinski definition) is 5. The van der Waals surface area contributed by atoms with E-state index in [1.165, 1.54) is 23.0 Å². The summed E-state index contributed by atoms with van der Waals surface area (Å²) in [6.45, 7) is -2.96. The molecule has 0 fully saturated rings. The van der Waals surface area contributed by atoms with E-state index in [1.54, 1.807) is 18.2 Å². The minimum Gasteiger partial charge on any atom is -0.435 e.